The van der Waals surface area contributed by atoms with E-state index in [2.05, 4.69) is 39.9 Å². The summed E-state index contributed by atoms with van der Waals surface area (Å²) in [5.74, 6) is 2.73. The van der Waals surface area contributed by atoms with Crippen molar-refractivity contribution in [3.8, 4) is 0 Å². The van der Waals surface area contributed by atoms with E-state index in [4.69, 9.17) is 10.7 Å². The second-order valence-electron chi connectivity index (χ2n) is 7.69. The van der Waals surface area contributed by atoms with Gasteiger partial charge in [-0.25, -0.2) is 10.4 Å². The molecule has 0 bridgehead atoms. The normalized spacial score (nSPS) is 42.0. The van der Waals surface area contributed by atoms with Gasteiger partial charge in [0.15, 0.2) is 0 Å². The largest absolute Gasteiger partial charge is 0.355 e. The first-order valence-electron chi connectivity index (χ1n) is 8.98. The van der Waals surface area contributed by atoms with Gasteiger partial charge in [-0.3, -0.25) is 5.01 Å². The van der Waals surface area contributed by atoms with Crippen molar-refractivity contribution in [3.63, 3.8) is 0 Å². The lowest BCUT2D eigenvalue weighted by Crippen LogP contribution is -2.47. The Bertz CT molecular complexity index is 615. The van der Waals surface area contributed by atoms with Crippen molar-refractivity contribution < 1.29 is 0 Å². The van der Waals surface area contributed by atoms with Crippen LogP contribution in [0.2, 0.25) is 0 Å². The van der Waals surface area contributed by atoms with Gasteiger partial charge in [0.05, 0.1) is 6.04 Å². The molecule has 124 valence electrons. The highest BCUT2D eigenvalue weighted by Gasteiger charge is 2.65. The van der Waals surface area contributed by atoms with Gasteiger partial charge < -0.3 is 16.0 Å². The second-order valence-corrected chi connectivity index (χ2v) is 7.69. The third kappa shape index (κ3) is 2.01. The summed E-state index contributed by atoms with van der Waals surface area (Å²) in [4.78, 5) is 7.31. The van der Waals surface area contributed by atoms with Gasteiger partial charge in [0.2, 0.25) is 0 Å². The number of hydrogen-bond acceptors (Lipinski definition) is 6. The van der Waals surface area contributed by atoms with Crippen molar-refractivity contribution in [2.24, 2.45) is 16.6 Å². The first-order chi connectivity index (χ1) is 11.2. The number of hydrazine groups is 1. The molecule has 6 heteroatoms. The smallest absolute Gasteiger partial charge is 0.145 e. The van der Waals surface area contributed by atoms with E-state index in [-0.39, 0.29) is 11.6 Å². The van der Waals surface area contributed by atoms with Crippen LogP contribution in [0.4, 0.5) is 0 Å². The molecule has 0 aromatic rings. The predicted molar refractivity (Wildman–Crippen MR) is 90.3 cm³/mol. The van der Waals surface area contributed by atoms with Crippen LogP contribution in [0.3, 0.4) is 0 Å². The Hall–Kier alpha value is -1.37. The molecule has 1 saturated carbocycles. The number of piperidine rings is 1. The molecule has 0 radical (unpaired) electrons. The summed E-state index contributed by atoms with van der Waals surface area (Å²) in [6.45, 7) is 5.23. The Balaban J connectivity index is 1.43. The Kier molecular flexibility index (Phi) is 2.93. The van der Waals surface area contributed by atoms with Crippen molar-refractivity contribution in [2.75, 3.05) is 19.6 Å². The molecular weight excluding hydrogens is 288 g/mol. The lowest BCUT2D eigenvalue weighted by atomic mass is 10.0. The van der Waals surface area contributed by atoms with E-state index in [1.165, 1.54) is 24.8 Å². The molecule has 5 rings (SSSR count). The quantitative estimate of drug-likeness (QED) is 0.608. The molecule has 2 saturated heterocycles. The molecule has 1 aliphatic carbocycles. The van der Waals surface area contributed by atoms with Crippen LogP contribution in [0, 0.1) is 5.92 Å². The molecule has 3 unspecified atom stereocenters. The zero-order valence-corrected chi connectivity index (χ0v) is 13.8. The summed E-state index contributed by atoms with van der Waals surface area (Å²) in [7, 11) is 0. The van der Waals surface area contributed by atoms with Gasteiger partial charge in [-0.2, -0.15) is 0 Å². The monoisotopic (exact) mass is 314 g/mol. The summed E-state index contributed by atoms with van der Waals surface area (Å²) in [5.41, 5.74) is 11.2. The van der Waals surface area contributed by atoms with Crippen molar-refractivity contribution in [2.45, 2.75) is 50.2 Å². The van der Waals surface area contributed by atoms with Crippen molar-refractivity contribution in [3.05, 3.63) is 23.7 Å². The van der Waals surface area contributed by atoms with Gasteiger partial charge in [0, 0.05) is 42.4 Å². The third-order valence-corrected chi connectivity index (χ3v) is 6.14. The zero-order valence-electron chi connectivity index (χ0n) is 13.8. The Morgan fingerprint density at radius 3 is 3.04 bits per heavy atom. The number of fused-ring (bicyclic) bond motifs is 4. The molecule has 4 atom stereocenters. The Morgan fingerprint density at radius 2 is 2.30 bits per heavy atom. The topological polar surface area (TPSA) is 68.9 Å². The molecule has 4 aliphatic heterocycles. The molecule has 23 heavy (non-hydrogen) atoms. The maximum absolute atomic E-state index is 6.07. The molecule has 0 amide bonds. The van der Waals surface area contributed by atoms with E-state index in [9.17, 15) is 0 Å². The van der Waals surface area contributed by atoms with Gasteiger partial charge >= 0.3 is 0 Å². The summed E-state index contributed by atoms with van der Waals surface area (Å²) >= 11 is 0. The molecular formula is C17H26N6. The van der Waals surface area contributed by atoms with Crippen LogP contribution in [0.1, 0.15) is 32.6 Å². The van der Waals surface area contributed by atoms with E-state index in [0.717, 1.165) is 37.7 Å². The third-order valence-electron chi connectivity index (χ3n) is 6.14. The molecule has 4 heterocycles. The van der Waals surface area contributed by atoms with Gasteiger partial charge in [0.25, 0.3) is 0 Å². The number of nitrogens with one attached hydrogen (secondary N) is 2. The van der Waals surface area contributed by atoms with Crippen LogP contribution in [-0.2, 0) is 0 Å². The highest BCUT2D eigenvalue weighted by Crippen LogP contribution is 2.52. The molecule has 0 aromatic heterocycles. The number of aliphatic imine (C=N–C) groups is 1. The van der Waals surface area contributed by atoms with Crippen LogP contribution < -0.4 is 16.5 Å². The molecule has 1 spiro atoms. The summed E-state index contributed by atoms with van der Waals surface area (Å²) in [5, 5.41) is 5.90. The van der Waals surface area contributed by atoms with Crippen LogP contribution >= 0.6 is 0 Å². The van der Waals surface area contributed by atoms with E-state index in [1.54, 1.807) is 0 Å². The number of amidine groups is 1. The number of nitrogens with zero attached hydrogens (tertiary/aromatic N) is 3. The highest BCUT2D eigenvalue weighted by molar-refractivity contribution is 5.99. The molecule has 0 aromatic carbocycles. The fourth-order valence-corrected chi connectivity index (χ4v) is 4.81. The van der Waals surface area contributed by atoms with Crippen molar-refractivity contribution in [1.29, 1.82) is 0 Å². The molecule has 6 nitrogen and oxygen atoms in total. The Labute approximate surface area is 137 Å². The van der Waals surface area contributed by atoms with Crippen LogP contribution in [0.5, 0.6) is 0 Å². The number of hydrogen-bond donors (Lipinski definition) is 3. The summed E-state index contributed by atoms with van der Waals surface area (Å²) < 4.78 is 0. The van der Waals surface area contributed by atoms with Crippen LogP contribution in [0.25, 0.3) is 0 Å². The number of nitrogens with two attached hydrogens (primary N) is 1. The maximum atomic E-state index is 6.07. The fraction of sp³-hybridized carbons (Fsp3) is 0.706. The van der Waals surface area contributed by atoms with Gasteiger partial charge in [-0.15, -0.1) is 0 Å². The molecule has 5 aliphatic rings. The van der Waals surface area contributed by atoms with Gasteiger partial charge in [0.1, 0.15) is 11.7 Å². The van der Waals surface area contributed by atoms with Crippen molar-refractivity contribution >= 4 is 5.84 Å². The Morgan fingerprint density at radius 1 is 1.39 bits per heavy atom. The second kappa shape index (κ2) is 4.82. The van der Waals surface area contributed by atoms with E-state index < -0.39 is 0 Å². The van der Waals surface area contributed by atoms with Crippen molar-refractivity contribution in [1.82, 2.24) is 20.7 Å². The first-order valence-corrected chi connectivity index (χ1v) is 8.98. The van der Waals surface area contributed by atoms with Crippen LogP contribution in [-0.4, -0.2) is 53.0 Å². The SMILES string of the molecule is CC1=CN2NC3C(C=C2N=C1N1CC[C@H](N)C1)C31CCCCN1. The minimum absolute atomic E-state index is 0.274. The predicted octanol–water partition coefficient (Wildman–Crippen LogP) is 0.508. The summed E-state index contributed by atoms with van der Waals surface area (Å²) in [6.07, 6.45) is 9.54. The number of rotatable bonds is 0. The minimum atomic E-state index is 0.274. The van der Waals surface area contributed by atoms with E-state index >= 15 is 0 Å². The average Bonchev–Trinajstić information content (AvgIpc) is 2.92. The van der Waals surface area contributed by atoms with E-state index in [1.807, 2.05) is 0 Å². The fourth-order valence-electron chi connectivity index (χ4n) is 4.81. The van der Waals surface area contributed by atoms with Crippen LogP contribution in [0.15, 0.2) is 28.7 Å². The number of likely N-dealkylation sites (tertiary alicyclic amines) is 1. The maximum Gasteiger partial charge on any atom is 0.145 e. The first kappa shape index (κ1) is 14.0. The summed E-state index contributed by atoms with van der Waals surface area (Å²) in [6, 6.07) is 0.803. The van der Waals surface area contributed by atoms with Gasteiger partial charge in [-0.05, 0) is 38.8 Å². The molecule has 3 fully saturated rings. The molecule has 4 N–H and O–H groups in total. The minimum Gasteiger partial charge on any atom is -0.355 e. The highest BCUT2D eigenvalue weighted by atomic mass is 15.6. The van der Waals surface area contributed by atoms with E-state index in [0.29, 0.717) is 12.0 Å². The standard InChI is InChI=1S/C17H26N6/c1-11-9-23-14(20-16(11)22-7-4-12(18)10-22)8-13-15(21-23)17(13)5-2-3-6-19-17/h8-9,12-13,15,19,21H,2-7,10,18H2,1H3/t12-,13?,15?,17?/m0/s1. The average molecular weight is 314 g/mol. The lowest BCUT2D eigenvalue weighted by molar-refractivity contribution is 0.276. The van der Waals surface area contributed by atoms with Gasteiger partial charge in [-0.1, -0.05) is 6.42 Å². The lowest BCUT2D eigenvalue weighted by Gasteiger charge is -2.33. The zero-order chi connectivity index (χ0) is 15.6.